The highest BCUT2D eigenvalue weighted by Gasteiger charge is 2.48. The molecule has 2 aromatic rings. The molecule has 9 heteroatoms. The Balaban J connectivity index is 1.53. The van der Waals surface area contributed by atoms with Crippen molar-refractivity contribution in [1.82, 2.24) is 15.8 Å². The van der Waals surface area contributed by atoms with Crippen LogP contribution in [0, 0.1) is 5.82 Å². The van der Waals surface area contributed by atoms with Crippen LogP contribution in [0.5, 0.6) is 0 Å². The molecule has 0 spiro atoms. The predicted octanol–water partition coefficient (Wildman–Crippen LogP) is 1.96. The van der Waals surface area contributed by atoms with Gasteiger partial charge in [0.15, 0.2) is 6.61 Å². The second kappa shape index (κ2) is 8.73. The van der Waals surface area contributed by atoms with Gasteiger partial charge >= 0.3 is 12.0 Å². The van der Waals surface area contributed by atoms with Gasteiger partial charge in [-0.25, -0.2) is 14.0 Å². The number of urea groups is 1. The van der Waals surface area contributed by atoms with E-state index in [1.54, 1.807) is 6.92 Å². The number of halogens is 1. The zero-order valence-corrected chi connectivity index (χ0v) is 16.2. The number of ether oxygens (including phenoxy) is 1. The monoisotopic (exact) mass is 413 g/mol. The molecule has 3 rings (SSSR count). The number of aryl methyl sites for hydroxylation is 1. The normalized spacial score (nSPS) is 18.1. The minimum absolute atomic E-state index is 0.0627. The maximum atomic E-state index is 12.9. The van der Waals surface area contributed by atoms with Crippen molar-refractivity contribution in [3.8, 4) is 0 Å². The van der Waals surface area contributed by atoms with E-state index in [0.717, 1.165) is 17.7 Å². The Bertz CT molecular complexity index is 964. The lowest BCUT2D eigenvalue weighted by molar-refractivity contribution is -0.140. The fourth-order valence-corrected chi connectivity index (χ4v) is 2.95. The van der Waals surface area contributed by atoms with Gasteiger partial charge in [0.2, 0.25) is 0 Å². The summed E-state index contributed by atoms with van der Waals surface area (Å²) in [6.07, 6.45) is 0.897. The van der Waals surface area contributed by atoms with Crippen molar-refractivity contribution in [2.45, 2.75) is 25.3 Å². The first-order valence-corrected chi connectivity index (χ1v) is 9.21. The zero-order chi connectivity index (χ0) is 21.7. The Hall–Kier alpha value is -3.75. The molecule has 30 heavy (non-hydrogen) atoms. The molecule has 0 aromatic heterocycles. The Morgan fingerprint density at radius 2 is 1.77 bits per heavy atom. The summed E-state index contributed by atoms with van der Waals surface area (Å²) in [4.78, 5) is 48.8. The van der Waals surface area contributed by atoms with Crippen LogP contribution in [0.15, 0.2) is 54.6 Å². The largest absolute Gasteiger partial charge is 0.452 e. The van der Waals surface area contributed by atoms with Gasteiger partial charge in [-0.15, -0.1) is 0 Å². The number of amides is 4. The van der Waals surface area contributed by atoms with Gasteiger partial charge in [0, 0.05) is 0 Å². The van der Waals surface area contributed by atoms with E-state index in [1.807, 2.05) is 30.3 Å². The fourth-order valence-electron chi connectivity index (χ4n) is 2.95. The number of carbonyl (C=O) groups excluding carboxylic acids is 4. The molecule has 0 bridgehead atoms. The molecule has 0 saturated carbocycles. The van der Waals surface area contributed by atoms with Crippen molar-refractivity contribution in [3.05, 3.63) is 71.5 Å². The molecule has 2 aromatic carbocycles. The van der Waals surface area contributed by atoms with Crippen LogP contribution in [0.4, 0.5) is 9.18 Å². The second-order valence-electron chi connectivity index (χ2n) is 7.01. The molecule has 1 saturated heterocycles. The number of hydrogen-bond acceptors (Lipinski definition) is 5. The van der Waals surface area contributed by atoms with Crippen LogP contribution in [0.3, 0.4) is 0 Å². The average Bonchev–Trinajstić information content (AvgIpc) is 2.95. The maximum Gasteiger partial charge on any atom is 0.344 e. The number of imide groups is 1. The van der Waals surface area contributed by atoms with Crippen molar-refractivity contribution in [3.63, 3.8) is 0 Å². The van der Waals surface area contributed by atoms with Crippen molar-refractivity contribution < 1.29 is 28.3 Å². The first kappa shape index (κ1) is 21.0. The minimum Gasteiger partial charge on any atom is -0.452 e. The van der Waals surface area contributed by atoms with Crippen LogP contribution >= 0.6 is 0 Å². The number of hydrazine groups is 1. The van der Waals surface area contributed by atoms with E-state index < -0.39 is 41.8 Å². The molecule has 2 N–H and O–H groups in total. The lowest BCUT2D eigenvalue weighted by Gasteiger charge is -2.21. The SMILES string of the molecule is C[C@@]1(CCc2ccccc2)NC(=O)N(NC(=O)COC(=O)c2ccc(F)cc2)C1=O. The number of nitrogens with zero attached hydrogens (tertiary/aromatic N) is 1. The molecule has 4 amide bonds. The van der Waals surface area contributed by atoms with Gasteiger partial charge in [-0.1, -0.05) is 30.3 Å². The summed E-state index contributed by atoms with van der Waals surface area (Å²) in [7, 11) is 0. The van der Waals surface area contributed by atoms with Crippen LogP contribution in [0.25, 0.3) is 0 Å². The van der Waals surface area contributed by atoms with E-state index in [-0.39, 0.29) is 5.56 Å². The van der Waals surface area contributed by atoms with Gasteiger partial charge in [0.1, 0.15) is 11.4 Å². The molecule has 8 nitrogen and oxygen atoms in total. The Morgan fingerprint density at radius 1 is 1.10 bits per heavy atom. The van der Waals surface area contributed by atoms with E-state index in [1.165, 1.54) is 12.1 Å². The number of rotatable bonds is 7. The van der Waals surface area contributed by atoms with Crippen LogP contribution in [-0.2, 0) is 20.7 Å². The number of nitrogens with one attached hydrogen (secondary N) is 2. The third-order valence-electron chi connectivity index (χ3n) is 4.67. The molecule has 0 unspecified atom stereocenters. The van der Waals surface area contributed by atoms with Gasteiger partial charge in [-0.3, -0.25) is 15.0 Å². The van der Waals surface area contributed by atoms with Crippen molar-refractivity contribution in [2.75, 3.05) is 6.61 Å². The Morgan fingerprint density at radius 3 is 2.43 bits per heavy atom. The first-order chi connectivity index (χ1) is 14.3. The lowest BCUT2D eigenvalue weighted by Crippen LogP contribution is -2.50. The highest BCUT2D eigenvalue weighted by molar-refractivity contribution is 6.07. The van der Waals surface area contributed by atoms with Gasteiger partial charge < -0.3 is 10.1 Å². The number of esters is 1. The second-order valence-corrected chi connectivity index (χ2v) is 7.01. The van der Waals surface area contributed by atoms with E-state index in [4.69, 9.17) is 4.74 Å². The molecule has 1 aliphatic rings. The minimum atomic E-state index is -1.18. The first-order valence-electron chi connectivity index (χ1n) is 9.21. The highest BCUT2D eigenvalue weighted by atomic mass is 19.1. The smallest absolute Gasteiger partial charge is 0.344 e. The number of benzene rings is 2. The summed E-state index contributed by atoms with van der Waals surface area (Å²) in [6, 6.07) is 13.3. The molecule has 1 aliphatic heterocycles. The quantitative estimate of drug-likeness (QED) is 0.533. The topological polar surface area (TPSA) is 105 Å². The summed E-state index contributed by atoms with van der Waals surface area (Å²) in [6.45, 7) is 0.866. The van der Waals surface area contributed by atoms with Gasteiger partial charge in [0.25, 0.3) is 11.8 Å². The summed E-state index contributed by atoms with van der Waals surface area (Å²) in [5.74, 6) is -2.82. The molecule has 1 fully saturated rings. The number of carbonyl (C=O) groups is 4. The predicted molar refractivity (Wildman–Crippen MR) is 103 cm³/mol. The standard InChI is InChI=1S/C21H20FN3O5/c1-21(12-11-14-5-3-2-4-6-14)19(28)25(20(29)23-21)24-17(26)13-30-18(27)15-7-9-16(22)10-8-15/h2-10H,11-13H2,1H3,(H,23,29)(H,24,26)/t21-/m0/s1. The van der Waals surface area contributed by atoms with Crippen LogP contribution in [0.1, 0.15) is 29.3 Å². The Kier molecular flexibility index (Phi) is 6.10. The van der Waals surface area contributed by atoms with Crippen molar-refractivity contribution in [1.29, 1.82) is 0 Å². The number of hydrogen-bond donors (Lipinski definition) is 2. The van der Waals surface area contributed by atoms with Crippen LogP contribution < -0.4 is 10.7 Å². The van der Waals surface area contributed by atoms with E-state index in [0.29, 0.717) is 17.9 Å². The lowest BCUT2D eigenvalue weighted by atomic mass is 9.93. The summed E-state index contributed by atoms with van der Waals surface area (Å²) >= 11 is 0. The van der Waals surface area contributed by atoms with E-state index in [9.17, 15) is 23.6 Å². The summed E-state index contributed by atoms with van der Waals surface area (Å²) < 4.78 is 17.7. The molecule has 0 radical (unpaired) electrons. The van der Waals surface area contributed by atoms with Crippen molar-refractivity contribution in [2.24, 2.45) is 0 Å². The fraction of sp³-hybridized carbons (Fsp3) is 0.238. The molecule has 156 valence electrons. The van der Waals surface area contributed by atoms with E-state index >= 15 is 0 Å². The third kappa shape index (κ3) is 4.80. The van der Waals surface area contributed by atoms with Gasteiger partial charge in [-0.2, -0.15) is 5.01 Å². The molecular formula is C21H20FN3O5. The van der Waals surface area contributed by atoms with Gasteiger partial charge in [-0.05, 0) is 49.6 Å². The average molecular weight is 413 g/mol. The summed E-state index contributed by atoms with van der Waals surface area (Å²) in [5.41, 5.74) is 2.04. The molecule has 1 heterocycles. The van der Waals surface area contributed by atoms with Crippen molar-refractivity contribution >= 4 is 23.8 Å². The van der Waals surface area contributed by atoms with Crippen LogP contribution in [0.2, 0.25) is 0 Å². The molecular weight excluding hydrogens is 393 g/mol. The molecule has 0 aliphatic carbocycles. The summed E-state index contributed by atoms with van der Waals surface area (Å²) in [5, 5.41) is 3.16. The highest BCUT2D eigenvalue weighted by Crippen LogP contribution is 2.22. The maximum absolute atomic E-state index is 12.9. The molecule has 1 atom stereocenters. The van der Waals surface area contributed by atoms with E-state index in [2.05, 4.69) is 10.7 Å². The van der Waals surface area contributed by atoms with Gasteiger partial charge in [0.05, 0.1) is 5.56 Å². The zero-order valence-electron chi connectivity index (χ0n) is 16.2. The third-order valence-corrected chi connectivity index (χ3v) is 4.67. The van der Waals surface area contributed by atoms with Crippen LogP contribution in [-0.4, -0.2) is 41.0 Å². The Labute approximate surface area is 172 Å².